The molecule has 3 rings (SSSR count). The van der Waals surface area contributed by atoms with Gasteiger partial charge in [-0.25, -0.2) is 5.43 Å². The smallest absolute Gasteiger partial charge is 0.329 e. The predicted molar refractivity (Wildman–Crippen MR) is 127 cm³/mol. The zero-order valence-electron chi connectivity index (χ0n) is 17.9. The SMILES string of the molecule is O=C(NCc1ccccn1)C(=O)N/N=C/c1ccc(CNC(=O)C(=O)Nc2cc(Cl)cc(Cl)c2)o1. The van der Waals surface area contributed by atoms with Crippen LogP contribution in [0, 0.1) is 0 Å². The second-order valence-corrected chi connectivity index (χ2v) is 7.67. The first kappa shape index (κ1) is 25.4. The molecular weight excluding hydrogens is 499 g/mol. The van der Waals surface area contributed by atoms with Gasteiger partial charge in [0.25, 0.3) is 0 Å². The van der Waals surface area contributed by atoms with Crippen molar-refractivity contribution in [2.45, 2.75) is 13.1 Å². The van der Waals surface area contributed by atoms with E-state index in [1.165, 1.54) is 36.5 Å². The van der Waals surface area contributed by atoms with Gasteiger partial charge in [-0.3, -0.25) is 24.2 Å². The summed E-state index contributed by atoms with van der Waals surface area (Å²) in [6.07, 6.45) is 2.74. The predicted octanol–water partition coefficient (Wildman–Crippen LogP) is 2.00. The second kappa shape index (κ2) is 12.3. The second-order valence-electron chi connectivity index (χ2n) is 6.80. The summed E-state index contributed by atoms with van der Waals surface area (Å²) in [5.41, 5.74) is 2.94. The van der Waals surface area contributed by atoms with E-state index in [-0.39, 0.29) is 24.5 Å². The molecule has 0 saturated carbocycles. The molecule has 2 heterocycles. The number of benzene rings is 1. The molecule has 0 atom stereocenters. The molecule has 0 aliphatic rings. The molecule has 0 bridgehead atoms. The fourth-order valence-electron chi connectivity index (χ4n) is 2.58. The molecule has 0 fully saturated rings. The quantitative estimate of drug-likeness (QED) is 0.214. The number of amides is 4. The molecule has 180 valence electrons. The van der Waals surface area contributed by atoms with Crippen molar-refractivity contribution >= 4 is 58.7 Å². The fourth-order valence-corrected chi connectivity index (χ4v) is 3.11. The Bertz CT molecular complexity index is 1240. The van der Waals surface area contributed by atoms with E-state index >= 15 is 0 Å². The van der Waals surface area contributed by atoms with Gasteiger partial charge in [-0.2, -0.15) is 5.10 Å². The number of carbonyl (C=O) groups excluding carboxylic acids is 4. The molecular formula is C22H18Cl2N6O5. The van der Waals surface area contributed by atoms with Gasteiger partial charge in [0.2, 0.25) is 0 Å². The summed E-state index contributed by atoms with van der Waals surface area (Å²) in [6, 6.07) is 12.6. The van der Waals surface area contributed by atoms with Gasteiger partial charge < -0.3 is 20.4 Å². The molecule has 0 spiro atoms. The van der Waals surface area contributed by atoms with Crippen molar-refractivity contribution in [2.24, 2.45) is 5.10 Å². The maximum atomic E-state index is 12.0. The molecule has 13 heteroatoms. The first-order valence-corrected chi connectivity index (χ1v) is 10.7. The Morgan fingerprint density at radius 1 is 0.886 bits per heavy atom. The van der Waals surface area contributed by atoms with Crippen molar-refractivity contribution in [1.82, 2.24) is 21.0 Å². The number of nitrogens with one attached hydrogen (secondary N) is 4. The number of halogens is 2. The summed E-state index contributed by atoms with van der Waals surface area (Å²) >= 11 is 11.7. The largest absolute Gasteiger partial charge is 0.458 e. The topological polar surface area (TPSA) is 155 Å². The number of carbonyl (C=O) groups is 4. The third-order valence-corrected chi connectivity index (χ3v) is 4.59. The third-order valence-electron chi connectivity index (χ3n) is 4.15. The standard InChI is InChI=1S/C22H18Cl2N6O5/c23-13-7-14(24)9-16(8-13)29-21(33)19(31)27-11-17-4-5-18(35-17)12-28-30-22(34)20(32)26-10-15-3-1-2-6-25-15/h1-9,12H,10-11H2,(H,26,32)(H,27,31)(H,29,33)(H,30,34)/b28-12+. The molecule has 11 nitrogen and oxygen atoms in total. The van der Waals surface area contributed by atoms with Crippen molar-refractivity contribution in [3.05, 3.63) is 82.0 Å². The molecule has 4 N–H and O–H groups in total. The Morgan fingerprint density at radius 2 is 1.60 bits per heavy atom. The highest BCUT2D eigenvalue weighted by molar-refractivity contribution is 6.40. The highest BCUT2D eigenvalue weighted by Gasteiger charge is 2.15. The lowest BCUT2D eigenvalue weighted by Crippen LogP contribution is -2.37. The Balaban J connectivity index is 1.41. The van der Waals surface area contributed by atoms with Crippen molar-refractivity contribution in [2.75, 3.05) is 5.32 Å². The van der Waals surface area contributed by atoms with Crippen LogP contribution in [0.4, 0.5) is 5.69 Å². The number of anilines is 1. The molecule has 0 aliphatic heterocycles. The molecule has 35 heavy (non-hydrogen) atoms. The van der Waals surface area contributed by atoms with Gasteiger partial charge in [0.1, 0.15) is 11.5 Å². The number of aromatic nitrogens is 1. The maximum absolute atomic E-state index is 12.0. The minimum atomic E-state index is -0.969. The highest BCUT2D eigenvalue weighted by atomic mass is 35.5. The summed E-state index contributed by atoms with van der Waals surface area (Å²) in [4.78, 5) is 51.6. The van der Waals surface area contributed by atoms with Crippen LogP contribution < -0.4 is 21.4 Å². The average Bonchev–Trinajstić information content (AvgIpc) is 3.28. The summed E-state index contributed by atoms with van der Waals surface area (Å²) in [7, 11) is 0. The lowest BCUT2D eigenvalue weighted by atomic mass is 10.3. The minimum Gasteiger partial charge on any atom is -0.458 e. The van der Waals surface area contributed by atoms with Crippen LogP contribution in [0.3, 0.4) is 0 Å². The van der Waals surface area contributed by atoms with Crippen LogP contribution in [0.5, 0.6) is 0 Å². The van der Waals surface area contributed by atoms with Gasteiger partial charge in [0, 0.05) is 21.9 Å². The van der Waals surface area contributed by atoms with Crippen LogP contribution in [-0.2, 0) is 32.3 Å². The van der Waals surface area contributed by atoms with E-state index in [2.05, 4.69) is 31.5 Å². The Morgan fingerprint density at radius 3 is 2.31 bits per heavy atom. The van der Waals surface area contributed by atoms with Gasteiger partial charge in [-0.15, -0.1) is 0 Å². The van der Waals surface area contributed by atoms with Crippen molar-refractivity contribution in [1.29, 1.82) is 0 Å². The fraction of sp³-hybridized carbons (Fsp3) is 0.0909. The van der Waals surface area contributed by atoms with Crippen LogP contribution in [-0.4, -0.2) is 34.8 Å². The summed E-state index contributed by atoms with van der Waals surface area (Å²) in [5.74, 6) is -3.12. The van der Waals surface area contributed by atoms with E-state index in [4.69, 9.17) is 27.6 Å². The summed E-state index contributed by atoms with van der Waals surface area (Å²) in [6.45, 7) is 0.00756. The number of hydrogen-bond acceptors (Lipinski definition) is 7. The van der Waals surface area contributed by atoms with Crippen molar-refractivity contribution in [3.63, 3.8) is 0 Å². The summed E-state index contributed by atoms with van der Waals surface area (Å²) < 4.78 is 5.42. The molecule has 2 aromatic heterocycles. The lowest BCUT2D eigenvalue weighted by Gasteiger charge is -2.06. The van der Waals surface area contributed by atoms with E-state index in [0.29, 0.717) is 21.5 Å². The summed E-state index contributed by atoms with van der Waals surface area (Å²) in [5, 5.41) is 11.4. The van der Waals surface area contributed by atoms with Gasteiger partial charge in [0.15, 0.2) is 0 Å². The molecule has 0 radical (unpaired) electrons. The van der Waals surface area contributed by atoms with Crippen molar-refractivity contribution in [3.8, 4) is 0 Å². The normalized spacial score (nSPS) is 10.6. The van der Waals surface area contributed by atoms with E-state index in [1.54, 1.807) is 24.4 Å². The van der Waals surface area contributed by atoms with Crippen LogP contribution in [0.15, 0.2) is 64.2 Å². The van der Waals surface area contributed by atoms with Crippen LogP contribution in [0.25, 0.3) is 0 Å². The van der Waals surface area contributed by atoms with E-state index in [1.807, 2.05) is 0 Å². The number of hydrogen-bond donors (Lipinski definition) is 4. The number of rotatable bonds is 7. The maximum Gasteiger partial charge on any atom is 0.329 e. The van der Waals surface area contributed by atoms with Crippen LogP contribution in [0.1, 0.15) is 17.2 Å². The lowest BCUT2D eigenvalue weighted by molar-refractivity contribution is -0.139. The first-order valence-electron chi connectivity index (χ1n) is 9.95. The molecule has 3 aromatic rings. The zero-order chi connectivity index (χ0) is 25.2. The Labute approximate surface area is 208 Å². The van der Waals surface area contributed by atoms with Gasteiger partial charge in [-0.1, -0.05) is 29.3 Å². The molecule has 0 unspecified atom stereocenters. The third kappa shape index (κ3) is 8.25. The van der Waals surface area contributed by atoms with E-state index in [9.17, 15) is 19.2 Å². The minimum absolute atomic E-state index is 0.0846. The molecule has 0 aliphatic carbocycles. The first-order chi connectivity index (χ1) is 16.8. The van der Waals surface area contributed by atoms with Gasteiger partial charge >= 0.3 is 23.6 Å². The zero-order valence-corrected chi connectivity index (χ0v) is 19.4. The van der Waals surface area contributed by atoms with Gasteiger partial charge in [0.05, 0.1) is 25.0 Å². The van der Waals surface area contributed by atoms with E-state index in [0.717, 1.165) is 0 Å². The molecule has 4 amide bonds. The number of hydrazone groups is 1. The van der Waals surface area contributed by atoms with Crippen LogP contribution in [0.2, 0.25) is 10.0 Å². The number of furan rings is 1. The Kier molecular flexibility index (Phi) is 8.93. The number of nitrogens with zero attached hydrogens (tertiary/aromatic N) is 2. The molecule has 1 aromatic carbocycles. The monoisotopic (exact) mass is 516 g/mol. The van der Waals surface area contributed by atoms with Crippen molar-refractivity contribution < 1.29 is 23.6 Å². The average molecular weight is 517 g/mol. The van der Waals surface area contributed by atoms with Gasteiger partial charge in [-0.05, 0) is 42.5 Å². The number of pyridine rings is 1. The highest BCUT2D eigenvalue weighted by Crippen LogP contribution is 2.22. The van der Waals surface area contributed by atoms with E-state index < -0.39 is 23.6 Å². The molecule has 0 saturated heterocycles. The Hall–Kier alpha value is -4.22. The van der Waals surface area contributed by atoms with Crippen LogP contribution >= 0.6 is 23.2 Å².